The highest BCUT2D eigenvalue weighted by molar-refractivity contribution is 9.10. The lowest BCUT2D eigenvalue weighted by Gasteiger charge is -2.31. The summed E-state index contributed by atoms with van der Waals surface area (Å²) in [5.74, 6) is 0.535. The van der Waals surface area contributed by atoms with Crippen LogP contribution in [0.3, 0.4) is 0 Å². The van der Waals surface area contributed by atoms with Crippen molar-refractivity contribution in [2.24, 2.45) is 5.92 Å². The van der Waals surface area contributed by atoms with Gasteiger partial charge >= 0.3 is 0 Å². The van der Waals surface area contributed by atoms with Crippen LogP contribution in [0.1, 0.15) is 12.1 Å². The minimum atomic E-state index is 0.535. The Morgan fingerprint density at radius 1 is 1.56 bits per heavy atom. The minimum absolute atomic E-state index is 0.535. The molecule has 1 aliphatic heterocycles. The van der Waals surface area contributed by atoms with Crippen LogP contribution in [0.5, 0.6) is 0 Å². The van der Waals surface area contributed by atoms with Gasteiger partial charge in [0, 0.05) is 34.9 Å². The molecular formula is C12H17BrN2O. The minimum Gasteiger partial charge on any atom is -0.381 e. The molecule has 0 aromatic carbocycles. The van der Waals surface area contributed by atoms with Gasteiger partial charge in [-0.15, -0.1) is 0 Å². The zero-order valence-corrected chi connectivity index (χ0v) is 11.0. The lowest BCUT2D eigenvalue weighted by Crippen LogP contribution is -2.42. The van der Waals surface area contributed by atoms with Crippen molar-refractivity contribution < 1.29 is 4.74 Å². The third kappa shape index (κ3) is 3.03. The number of halogens is 1. The number of hydrogen-bond acceptors (Lipinski definition) is 3. The van der Waals surface area contributed by atoms with Gasteiger partial charge in [-0.2, -0.15) is 0 Å². The van der Waals surface area contributed by atoms with Gasteiger partial charge in [0.2, 0.25) is 0 Å². The maximum absolute atomic E-state index is 5.53. The second kappa shape index (κ2) is 5.75. The van der Waals surface area contributed by atoms with Crippen molar-refractivity contribution in [1.82, 2.24) is 10.3 Å². The Labute approximate surface area is 105 Å². The van der Waals surface area contributed by atoms with Gasteiger partial charge in [0.1, 0.15) is 0 Å². The van der Waals surface area contributed by atoms with Crippen molar-refractivity contribution in [2.75, 3.05) is 20.3 Å². The number of pyridine rings is 1. The van der Waals surface area contributed by atoms with E-state index in [1.54, 1.807) is 0 Å². The maximum Gasteiger partial charge on any atom is 0.0512 e. The van der Waals surface area contributed by atoms with Crippen LogP contribution in [0, 0.1) is 5.92 Å². The quantitative estimate of drug-likeness (QED) is 0.922. The number of nitrogens with one attached hydrogen (secondary N) is 1. The van der Waals surface area contributed by atoms with Crippen molar-refractivity contribution in [1.29, 1.82) is 0 Å². The standard InChI is InChI=1S/C12H17BrN2O/c1-14-12-4-5-16-8-9(12)6-11-3-2-10(13)7-15-11/h2-3,7,9,12,14H,4-6,8H2,1H3. The van der Waals surface area contributed by atoms with Crippen molar-refractivity contribution in [3.8, 4) is 0 Å². The topological polar surface area (TPSA) is 34.1 Å². The number of rotatable bonds is 3. The summed E-state index contributed by atoms with van der Waals surface area (Å²) in [6.45, 7) is 1.71. The van der Waals surface area contributed by atoms with E-state index in [-0.39, 0.29) is 0 Å². The molecule has 0 spiro atoms. The molecule has 1 aromatic rings. The molecule has 1 aromatic heterocycles. The highest BCUT2D eigenvalue weighted by Crippen LogP contribution is 2.19. The molecular weight excluding hydrogens is 268 g/mol. The van der Waals surface area contributed by atoms with Crippen molar-refractivity contribution >= 4 is 15.9 Å². The summed E-state index contributed by atoms with van der Waals surface area (Å²) in [5, 5.41) is 3.37. The molecule has 88 valence electrons. The van der Waals surface area contributed by atoms with E-state index in [0.717, 1.165) is 36.2 Å². The van der Waals surface area contributed by atoms with Crippen molar-refractivity contribution in [2.45, 2.75) is 18.9 Å². The summed E-state index contributed by atoms with van der Waals surface area (Å²) >= 11 is 3.40. The van der Waals surface area contributed by atoms with E-state index in [4.69, 9.17) is 4.74 Å². The predicted octanol–water partition coefficient (Wildman–Crippen LogP) is 2.01. The number of ether oxygens (including phenoxy) is 1. The molecule has 0 saturated carbocycles. The second-order valence-corrected chi connectivity index (χ2v) is 5.11. The highest BCUT2D eigenvalue weighted by Gasteiger charge is 2.24. The van der Waals surface area contributed by atoms with Crippen LogP contribution >= 0.6 is 15.9 Å². The van der Waals surface area contributed by atoms with Gasteiger partial charge in [-0.05, 0) is 48.0 Å². The molecule has 0 aliphatic carbocycles. The fourth-order valence-corrected chi connectivity index (χ4v) is 2.41. The van der Waals surface area contributed by atoms with Crippen LogP contribution in [0.25, 0.3) is 0 Å². The van der Waals surface area contributed by atoms with Gasteiger partial charge in [-0.25, -0.2) is 0 Å². The zero-order valence-electron chi connectivity index (χ0n) is 9.45. The Kier molecular flexibility index (Phi) is 4.32. The Hall–Kier alpha value is -0.450. The van der Waals surface area contributed by atoms with E-state index in [0.29, 0.717) is 12.0 Å². The van der Waals surface area contributed by atoms with E-state index >= 15 is 0 Å². The fraction of sp³-hybridized carbons (Fsp3) is 0.583. The average molecular weight is 285 g/mol. The Morgan fingerprint density at radius 3 is 3.12 bits per heavy atom. The highest BCUT2D eigenvalue weighted by atomic mass is 79.9. The Bertz CT molecular complexity index is 328. The van der Waals surface area contributed by atoms with Crippen molar-refractivity contribution in [3.63, 3.8) is 0 Å². The molecule has 0 amide bonds. The normalized spacial score (nSPS) is 25.6. The van der Waals surface area contributed by atoms with Gasteiger partial charge in [0.05, 0.1) is 6.61 Å². The molecule has 1 saturated heterocycles. The molecule has 1 aliphatic rings. The van der Waals surface area contributed by atoms with Crippen LogP contribution in [-0.2, 0) is 11.2 Å². The summed E-state index contributed by atoms with van der Waals surface area (Å²) in [4.78, 5) is 4.41. The fourth-order valence-electron chi connectivity index (χ4n) is 2.17. The van der Waals surface area contributed by atoms with Gasteiger partial charge in [0.25, 0.3) is 0 Å². The monoisotopic (exact) mass is 284 g/mol. The number of hydrogen-bond donors (Lipinski definition) is 1. The van der Waals surface area contributed by atoms with Crippen LogP contribution in [-0.4, -0.2) is 31.3 Å². The summed E-state index contributed by atoms with van der Waals surface area (Å²) in [6.07, 6.45) is 3.93. The van der Waals surface area contributed by atoms with Crippen LogP contribution in [0.4, 0.5) is 0 Å². The lowest BCUT2D eigenvalue weighted by molar-refractivity contribution is 0.0339. The summed E-state index contributed by atoms with van der Waals surface area (Å²) in [7, 11) is 2.03. The molecule has 0 radical (unpaired) electrons. The first kappa shape index (κ1) is 12.0. The molecule has 4 heteroatoms. The maximum atomic E-state index is 5.53. The summed E-state index contributed by atoms with van der Waals surface area (Å²) in [5.41, 5.74) is 1.14. The van der Waals surface area contributed by atoms with Crippen LogP contribution in [0.15, 0.2) is 22.8 Å². The number of nitrogens with zero attached hydrogens (tertiary/aromatic N) is 1. The zero-order chi connectivity index (χ0) is 11.4. The Balaban J connectivity index is 1.99. The van der Waals surface area contributed by atoms with Crippen LogP contribution < -0.4 is 5.32 Å². The molecule has 0 bridgehead atoms. The van der Waals surface area contributed by atoms with Crippen molar-refractivity contribution in [3.05, 3.63) is 28.5 Å². The molecule has 3 nitrogen and oxygen atoms in total. The van der Waals surface area contributed by atoms with E-state index in [1.165, 1.54) is 0 Å². The molecule has 2 heterocycles. The van der Waals surface area contributed by atoms with Gasteiger partial charge in [-0.1, -0.05) is 0 Å². The molecule has 2 atom stereocenters. The van der Waals surface area contributed by atoms with Gasteiger partial charge in [-0.3, -0.25) is 4.98 Å². The molecule has 1 N–H and O–H groups in total. The largest absolute Gasteiger partial charge is 0.381 e. The summed E-state index contributed by atoms with van der Waals surface area (Å²) in [6, 6.07) is 4.67. The first-order valence-electron chi connectivity index (χ1n) is 5.65. The van der Waals surface area contributed by atoms with E-state index in [2.05, 4.69) is 32.3 Å². The van der Waals surface area contributed by atoms with E-state index in [1.807, 2.05) is 19.3 Å². The first-order chi connectivity index (χ1) is 7.79. The van der Waals surface area contributed by atoms with Crippen LogP contribution in [0.2, 0.25) is 0 Å². The molecule has 16 heavy (non-hydrogen) atoms. The predicted molar refractivity (Wildman–Crippen MR) is 67.4 cm³/mol. The molecule has 2 rings (SSSR count). The van der Waals surface area contributed by atoms with Gasteiger partial charge < -0.3 is 10.1 Å². The van der Waals surface area contributed by atoms with Gasteiger partial charge in [0.15, 0.2) is 0 Å². The third-order valence-corrected chi connectivity index (χ3v) is 3.57. The van der Waals surface area contributed by atoms with E-state index < -0.39 is 0 Å². The smallest absolute Gasteiger partial charge is 0.0512 e. The van der Waals surface area contributed by atoms with E-state index in [9.17, 15) is 0 Å². The first-order valence-corrected chi connectivity index (χ1v) is 6.44. The molecule has 2 unspecified atom stereocenters. The SMILES string of the molecule is CNC1CCOCC1Cc1ccc(Br)cn1. The number of aromatic nitrogens is 1. The third-order valence-electron chi connectivity index (χ3n) is 3.10. The average Bonchev–Trinajstić information content (AvgIpc) is 2.33. The lowest BCUT2D eigenvalue weighted by atomic mass is 9.91. The second-order valence-electron chi connectivity index (χ2n) is 4.19. The summed E-state index contributed by atoms with van der Waals surface area (Å²) < 4.78 is 6.56. The Morgan fingerprint density at radius 2 is 2.44 bits per heavy atom. The molecule has 1 fully saturated rings.